The van der Waals surface area contributed by atoms with Crippen LogP contribution in [0.15, 0.2) is 28.4 Å². The molecule has 1 aliphatic heterocycles. The number of carbonyl (C=O) groups excluding carboxylic acids is 3. The summed E-state index contributed by atoms with van der Waals surface area (Å²) in [5.41, 5.74) is 0.644. The third kappa shape index (κ3) is 3.50. The topological polar surface area (TPSA) is 88.8 Å². The lowest BCUT2D eigenvalue weighted by atomic mass is 9.95. The Balaban J connectivity index is 2.14. The number of allylic oxidation sites excluding steroid dienone is 2. The molecule has 0 spiro atoms. The Labute approximate surface area is 140 Å². The Bertz CT molecular complexity index is 687. The summed E-state index contributed by atoms with van der Waals surface area (Å²) >= 11 is 0. The van der Waals surface area contributed by atoms with Crippen LogP contribution < -0.4 is 5.32 Å². The summed E-state index contributed by atoms with van der Waals surface area (Å²) in [7, 11) is 1.24. The molecule has 7 heteroatoms. The van der Waals surface area contributed by atoms with Crippen molar-refractivity contribution < 1.29 is 23.5 Å². The summed E-state index contributed by atoms with van der Waals surface area (Å²) < 4.78 is 9.72. The zero-order valence-electron chi connectivity index (χ0n) is 14.3. The molecular formula is C17H22N2O5. The van der Waals surface area contributed by atoms with Gasteiger partial charge in [-0.3, -0.25) is 9.69 Å². The molecular weight excluding hydrogens is 312 g/mol. The molecule has 24 heavy (non-hydrogen) atoms. The van der Waals surface area contributed by atoms with E-state index in [0.29, 0.717) is 18.4 Å². The first-order valence-corrected chi connectivity index (χ1v) is 7.70. The highest BCUT2D eigenvalue weighted by molar-refractivity contribution is 6.06. The maximum atomic E-state index is 12.7. The molecule has 1 fully saturated rings. The summed E-state index contributed by atoms with van der Waals surface area (Å²) in [5, 5.41) is 2.74. The third-order valence-electron chi connectivity index (χ3n) is 3.99. The van der Waals surface area contributed by atoms with Crippen molar-refractivity contribution in [2.45, 2.75) is 45.7 Å². The van der Waals surface area contributed by atoms with E-state index in [1.54, 1.807) is 13.0 Å². The molecule has 0 saturated carbocycles. The monoisotopic (exact) mass is 334 g/mol. The predicted molar refractivity (Wildman–Crippen MR) is 86.2 cm³/mol. The van der Waals surface area contributed by atoms with Crippen molar-refractivity contribution >= 4 is 17.9 Å². The molecule has 0 aromatic carbocycles. The number of esters is 1. The van der Waals surface area contributed by atoms with Crippen LogP contribution in [-0.2, 0) is 16.1 Å². The molecule has 130 valence electrons. The van der Waals surface area contributed by atoms with E-state index >= 15 is 0 Å². The van der Waals surface area contributed by atoms with Crippen LogP contribution in [0.3, 0.4) is 0 Å². The zero-order valence-corrected chi connectivity index (χ0v) is 14.3. The number of ether oxygens (including phenoxy) is 1. The van der Waals surface area contributed by atoms with Crippen molar-refractivity contribution in [3.8, 4) is 0 Å². The van der Waals surface area contributed by atoms with E-state index in [1.807, 2.05) is 19.9 Å². The Morgan fingerprint density at radius 2 is 2.12 bits per heavy atom. The minimum atomic E-state index is -0.946. The van der Waals surface area contributed by atoms with Crippen LogP contribution in [0.2, 0.25) is 0 Å². The number of carbonyl (C=O) groups is 3. The first-order valence-electron chi connectivity index (χ1n) is 7.70. The van der Waals surface area contributed by atoms with E-state index in [4.69, 9.17) is 4.42 Å². The Hall–Kier alpha value is -2.57. The second-order valence-electron chi connectivity index (χ2n) is 6.24. The maximum absolute atomic E-state index is 12.7. The van der Waals surface area contributed by atoms with Gasteiger partial charge in [0.1, 0.15) is 5.54 Å². The highest BCUT2D eigenvalue weighted by Crippen LogP contribution is 2.26. The summed E-state index contributed by atoms with van der Waals surface area (Å²) in [6.07, 6.45) is 4.55. The fourth-order valence-corrected chi connectivity index (χ4v) is 2.61. The molecule has 1 N–H and O–H groups in total. The molecule has 0 radical (unpaired) electrons. The van der Waals surface area contributed by atoms with Gasteiger partial charge in [-0.2, -0.15) is 0 Å². The van der Waals surface area contributed by atoms with Gasteiger partial charge in [0.2, 0.25) is 5.76 Å². The fourth-order valence-electron chi connectivity index (χ4n) is 2.61. The Kier molecular flexibility index (Phi) is 5.11. The van der Waals surface area contributed by atoms with E-state index in [1.165, 1.54) is 13.4 Å². The number of hydrogen-bond acceptors (Lipinski definition) is 5. The number of methoxy groups -OCH3 is 1. The van der Waals surface area contributed by atoms with Crippen LogP contribution in [0, 0.1) is 0 Å². The van der Waals surface area contributed by atoms with E-state index in [9.17, 15) is 14.4 Å². The second kappa shape index (κ2) is 6.90. The number of nitrogens with zero attached hydrogens (tertiary/aromatic N) is 1. The average molecular weight is 334 g/mol. The minimum absolute atomic E-state index is 0.00348. The van der Waals surface area contributed by atoms with E-state index in [0.717, 1.165) is 10.5 Å². The lowest BCUT2D eigenvalue weighted by Crippen LogP contribution is -2.43. The van der Waals surface area contributed by atoms with Crippen LogP contribution in [0.25, 0.3) is 0 Å². The molecule has 0 unspecified atom stereocenters. The molecule has 2 heterocycles. The van der Waals surface area contributed by atoms with Gasteiger partial charge < -0.3 is 14.5 Å². The van der Waals surface area contributed by atoms with Crippen molar-refractivity contribution in [2.75, 3.05) is 7.11 Å². The SMILES string of the molecule is COC(=O)c1occc1CN1C(=O)N[C@@](C)(CCC=C(C)C)C1=O. The number of hydrogen-bond donors (Lipinski definition) is 1. The molecule has 7 nitrogen and oxygen atoms in total. The van der Waals surface area contributed by atoms with Gasteiger partial charge in [0.25, 0.3) is 5.91 Å². The summed E-state index contributed by atoms with van der Waals surface area (Å²) in [5.74, 6) is -0.962. The summed E-state index contributed by atoms with van der Waals surface area (Å²) in [6.45, 7) is 5.64. The zero-order chi connectivity index (χ0) is 17.9. The average Bonchev–Trinajstić information content (AvgIpc) is 3.05. The Morgan fingerprint density at radius 1 is 1.42 bits per heavy atom. The van der Waals surface area contributed by atoms with Gasteiger partial charge in [-0.05, 0) is 39.7 Å². The Morgan fingerprint density at radius 3 is 2.75 bits per heavy atom. The molecule has 0 bridgehead atoms. The number of amides is 3. The van der Waals surface area contributed by atoms with Crippen molar-refractivity contribution in [1.82, 2.24) is 10.2 Å². The largest absolute Gasteiger partial charge is 0.463 e. The molecule has 1 aromatic rings. The molecule has 3 amide bonds. The maximum Gasteiger partial charge on any atom is 0.374 e. The number of urea groups is 1. The number of imide groups is 1. The molecule has 0 aliphatic carbocycles. The number of furan rings is 1. The van der Waals surface area contributed by atoms with Crippen LogP contribution in [-0.4, -0.2) is 35.5 Å². The number of nitrogens with one attached hydrogen (secondary N) is 1. The van der Waals surface area contributed by atoms with Crippen molar-refractivity contribution in [2.24, 2.45) is 0 Å². The third-order valence-corrected chi connectivity index (χ3v) is 3.99. The molecule has 1 atom stereocenters. The van der Waals surface area contributed by atoms with E-state index in [-0.39, 0.29) is 18.2 Å². The second-order valence-corrected chi connectivity index (χ2v) is 6.24. The smallest absolute Gasteiger partial charge is 0.374 e. The number of rotatable bonds is 6. The van der Waals surface area contributed by atoms with Crippen molar-refractivity contribution in [3.05, 3.63) is 35.3 Å². The van der Waals surface area contributed by atoms with Gasteiger partial charge >= 0.3 is 12.0 Å². The summed E-state index contributed by atoms with van der Waals surface area (Å²) in [6, 6.07) is 1.07. The van der Waals surface area contributed by atoms with Gasteiger partial charge in [0, 0.05) is 5.56 Å². The highest BCUT2D eigenvalue weighted by Gasteiger charge is 2.47. The van der Waals surface area contributed by atoms with Gasteiger partial charge in [0.15, 0.2) is 0 Å². The van der Waals surface area contributed by atoms with E-state index in [2.05, 4.69) is 10.1 Å². The quantitative estimate of drug-likeness (QED) is 0.491. The normalized spacial score (nSPS) is 20.1. The highest BCUT2D eigenvalue weighted by atomic mass is 16.5. The fraction of sp³-hybridized carbons (Fsp3) is 0.471. The van der Waals surface area contributed by atoms with Crippen LogP contribution in [0.4, 0.5) is 4.79 Å². The van der Waals surface area contributed by atoms with Gasteiger partial charge in [0.05, 0.1) is 19.9 Å². The molecule has 1 aromatic heterocycles. The molecule has 1 saturated heterocycles. The molecule has 2 rings (SSSR count). The first-order chi connectivity index (χ1) is 11.3. The van der Waals surface area contributed by atoms with Crippen molar-refractivity contribution in [1.29, 1.82) is 0 Å². The standard InChI is InChI=1S/C17H22N2O5/c1-11(2)6-5-8-17(3)15(21)19(16(22)18-17)10-12-7-9-24-13(12)14(20)23-4/h6-7,9H,5,8,10H2,1-4H3,(H,18,22)/t17-/m0/s1. The van der Waals surface area contributed by atoms with Crippen LogP contribution in [0.1, 0.15) is 49.7 Å². The molecule has 1 aliphatic rings. The van der Waals surface area contributed by atoms with Gasteiger partial charge in [-0.25, -0.2) is 9.59 Å². The van der Waals surface area contributed by atoms with E-state index < -0.39 is 17.5 Å². The first kappa shape index (κ1) is 17.8. The lowest BCUT2D eigenvalue weighted by molar-refractivity contribution is -0.131. The minimum Gasteiger partial charge on any atom is -0.463 e. The van der Waals surface area contributed by atoms with Crippen LogP contribution >= 0.6 is 0 Å². The predicted octanol–water partition coefficient (Wildman–Crippen LogP) is 2.62. The van der Waals surface area contributed by atoms with Crippen molar-refractivity contribution in [3.63, 3.8) is 0 Å². The van der Waals surface area contributed by atoms with Gasteiger partial charge in [-0.1, -0.05) is 11.6 Å². The lowest BCUT2D eigenvalue weighted by Gasteiger charge is -2.21. The summed E-state index contributed by atoms with van der Waals surface area (Å²) in [4.78, 5) is 37.6. The van der Waals surface area contributed by atoms with Gasteiger partial charge in [-0.15, -0.1) is 0 Å². The van der Waals surface area contributed by atoms with Crippen LogP contribution in [0.5, 0.6) is 0 Å².